The largest absolute Gasteiger partial charge is 0.497 e. The molecule has 4 aromatic rings. The fourth-order valence-corrected chi connectivity index (χ4v) is 4.91. The first-order valence-corrected chi connectivity index (χ1v) is 12.4. The molecule has 0 aliphatic carbocycles. The van der Waals surface area contributed by atoms with Crippen LogP contribution in [0.3, 0.4) is 0 Å². The van der Waals surface area contributed by atoms with Crippen LogP contribution in [0.25, 0.3) is 0 Å². The molecule has 3 aromatic carbocycles. The molecule has 1 amide bonds. The minimum atomic E-state index is -4.16. The third kappa shape index (κ3) is 5.63. The van der Waals surface area contributed by atoms with Gasteiger partial charge in [-0.3, -0.25) is 14.8 Å². The quantitative estimate of drug-likeness (QED) is 0.314. The highest BCUT2D eigenvalue weighted by Gasteiger charge is 2.23. The lowest BCUT2D eigenvalue weighted by atomic mass is 10.2. The van der Waals surface area contributed by atoms with Crippen LogP contribution in [0.2, 0.25) is 5.02 Å². The van der Waals surface area contributed by atoms with Gasteiger partial charge in [0.15, 0.2) is 5.75 Å². The third-order valence-corrected chi connectivity index (χ3v) is 7.15. The van der Waals surface area contributed by atoms with E-state index in [1.807, 2.05) is 0 Å². The molecule has 12 heteroatoms. The van der Waals surface area contributed by atoms with Crippen molar-refractivity contribution in [3.8, 4) is 17.2 Å². The lowest BCUT2D eigenvalue weighted by Gasteiger charge is -2.13. The number of methoxy groups -OCH3 is 1. The zero-order valence-corrected chi connectivity index (χ0v) is 19.9. The van der Waals surface area contributed by atoms with E-state index in [1.54, 1.807) is 60.7 Å². The molecule has 1 heterocycles. The number of nitrogens with one attached hydrogen (secondary N) is 2. The number of ether oxygens (including phenoxy) is 2. The van der Waals surface area contributed by atoms with Crippen molar-refractivity contribution in [2.24, 2.45) is 0 Å². The van der Waals surface area contributed by atoms with Gasteiger partial charge in [-0.2, -0.15) is 8.42 Å². The van der Waals surface area contributed by atoms with E-state index in [0.29, 0.717) is 33.4 Å². The summed E-state index contributed by atoms with van der Waals surface area (Å²) in [6.07, 6.45) is 0. The van der Waals surface area contributed by atoms with E-state index in [4.69, 9.17) is 21.1 Å². The average Bonchev–Trinajstić information content (AvgIpc) is 3.31. The number of halogens is 1. The number of anilines is 2. The van der Waals surface area contributed by atoms with E-state index in [1.165, 1.54) is 19.2 Å². The van der Waals surface area contributed by atoms with Crippen LogP contribution in [0.15, 0.2) is 77.1 Å². The van der Waals surface area contributed by atoms with Gasteiger partial charge in [0.05, 0.1) is 12.8 Å². The van der Waals surface area contributed by atoms with Crippen molar-refractivity contribution in [3.05, 3.63) is 83.4 Å². The van der Waals surface area contributed by atoms with Crippen LogP contribution >= 0.6 is 22.9 Å². The van der Waals surface area contributed by atoms with Crippen LogP contribution in [-0.2, 0) is 10.0 Å². The second-order valence-corrected chi connectivity index (χ2v) is 9.99. The molecule has 0 atom stereocenters. The predicted octanol–water partition coefficient (Wildman–Crippen LogP) is 5.05. The number of sulfonamides is 1. The molecule has 4 rings (SSSR count). The molecule has 0 unspecified atom stereocenters. The van der Waals surface area contributed by atoms with Gasteiger partial charge in [-0.05, 0) is 42.5 Å². The van der Waals surface area contributed by atoms with Gasteiger partial charge in [0, 0.05) is 16.7 Å². The number of rotatable bonds is 8. The second kappa shape index (κ2) is 10.1. The number of hydrogen-bond donors (Lipinski definition) is 2. The highest BCUT2D eigenvalue weighted by Crippen LogP contribution is 2.35. The Balaban J connectivity index is 1.54. The first-order chi connectivity index (χ1) is 16.3. The van der Waals surface area contributed by atoms with Crippen LogP contribution in [0.1, 0.15) is 10.4 Å². The maximum atomic E-state index is 13.0. The monoisotopic (exact) mass is 516 g/mol. The van der Waals surface area contributed by atoms with Crippen LogP contribution in [0.5, 0.6) is 17.2 Å². The zero-order chi connectivity index (χ0) is 24.1. The van der Waals surface area contributed by atoms with Crippen LogP contribution in [0.4, 0.5) is 10.8 Å². The second-order valence-electron chi connectivity index (χ2n) is 6.72. The number of aromatic nitrogens is 2. The highest BCUT2D eigenvalue weighted by molar-refractivity contribution is 7.94. The Morgan fingerprint density at radius 3 is 2.50 bits per heavy atom. The Bertz CT molecular complexity index is 1430. The van der Waals surface area contributed by atoms with Gasteiger partial charge in [-0.1, -0.05) is 47.2 Å². The summed E-state index contributed by atoms with van der Waals surface area (Å²) in [5.74, 6) is 0.789. The molecule has 0 bridgehead atoms. The first-order valence-electron chi connectivity index (χ1n) is 9.68. The van der Waals surface area contributed by atoms with Gasteiger partial charge in [-0.15, -0.1) is 10.2 Å². The fourth-order valence-electron chi connectivity index (χ4n) is 2.78. The number of amides is 1. The van der Waals surface area contributed by atoms with Crippen molar-refractivity contribution >= 4 is 49.7 Å². The molecule has 0 radical (unpaired) electrons. The predicted molar refractivity (Wildman–Crippen MR) is 130 cm³/mol. The molecule has 9 nitrogen and oxygen atoms in total. The van der Waals surface area contributed by atoms with Gasteiger partial charge in [0.25, 0.3) is 20.3 Å². The molecule has 34 heavy (non-hydrogen) atoms. The van der Waals surface area contributed by atoms with E-state index < -0.39 is 15.9 Å². The number of carbonyl (C=O) groups is 1. The molecule has 2 N–H and O–H groups in total. The van der Waals surface area contributed by atoms with Crippen molar-refractivity contribution in [1.29, 1.82) is 0 Å². The number of hydrogen-bond acceptors (Lipinski definition) is 8. The maximum Gasteiger partial charge on any atom is 0.291 e. The van der Waals surface area contributed by atoms with E-state index in [-0.39, 0.29) is 20.9 Å². The summed E-state index contributed by atoms with van der Waals surface area (Å²) in [4.78, 5) is 12.3. The normalized spacial score (nSPS) is 11.0. The molecule has 0 aliphatic heterocycles. The molecular weight excluding hydrogens is 500 g/mol. The number of carbonyl (C=O) groups excluding carboxylic acids is 1. The Kier molecular flexibility index (Phi) is 6.96. The lowest BCUT2D eigenvalue weighted by Crippen LogP contribution is -2.13. The Morgan fingerprint density at radius 1 is 0.971 bits per heavy atom. The molecular formula is C22H17ClN4O5S2. The Hall–Kier alpha value is -3.67. The summed E-state index contributed by atoms with van der Waals surface area (Å²) >= 11 is 6.78. The Morgan fingerprint density at radius 2 is 1.74 bits per heavy atom. The smallest absolute Gasteiger partial charge is 0.291 e. The highest BCUT2D eigenvalue weighted by atomic mass is 35.5. The summed E-state index contributed by atoms with van der Waals surface area (Å²) in [7, 11) is -2.63. The summed E-state index contributed by atoms with van der Waals surface area (Å²) in [5.41, 5.74) is 0.499. The third-order valence-electron chi connectivity index (χ3n) is 4.35. The van der Waals surface area contributed by atoms with Gasteiger partial charge in [0.2, 0.25) is 5.13 Å². The first kappa shape index (κ1) is 23.5. The van der Waals surface area contributed by atoms with Gasteiger partial charge >= 0.3 is 0 Å². The number of nitrogens with zero attached hydrogens (tertiary/aromatic N) is 2. The van der Waals surface area contributed by atoms with E-state index in [9.17, 15) is 13.2 Å². The minimum absolute atomic E-state index is 0.0353. The van der Waals surface area contributed by atoms with E-state index in [2.05, 4.69) is 20.2 Å². The minimum Gasteiger partial charge on any atom is -0.497 e. The molecule has 0 spiro atoms. The summed E-state index contributed by atoms with van der Waals surface area (Å²) in [5, 5.41) is 10.3. The molecule has 0 fully saturated rings. The molecule has 1 aromatic heterocycles. The van der Waals surface area contributed by atoms with Crippen molar-refractivity contribution in [2.75, 3.05) is 17.1 Å². The van der Waals surface area contributed by atoms with Crippen LogP contribution in [0, 0.1) is 0 Å². The van der Waals surface area contributed by atoms with Crippen LogP contribution in [-0.4, -0.2) is 31.6 Å². The fraction of sp³-hybridized carbons (Fsp3) is 0.0455. The summed E-state index contributed by atoms with van der Waals surface area (Å²) in [6, 6.07) is 19.8. The molecule has 0 aliphatic rings. The van der Waals surface area contributed by atoms with E-state index >= 15 is 0 Å². The van der Waals surface area contributed by atoms with Crippen molar-refractivity contribution in [3.63, 3.8) is 0 Å². The summed E-state index contributed by atoms with van der Waals surface area (Å²) in [6.45, 7) is 0. The lowest BCUT2D eigenvalue weighted by molar-refractivity contribution is 0.102. The maximum absolute atomic E-state index is 13.0. The van der Waals surface area contributed by atoms with Gasteiger partial charge in [-0.25, -0.2) is 0 Å². The van der Waals surface area contributed by atoms with Crippen molar-refractivity contribution in [2.45, 2.75) is 4.34 Å². The standard InChI is InChI=1S/C22H17ClN4O5S2/c1-31-16-8-5-9-17(13-16)32-19-11-10-15(23)12-18(19)27-34(29,30)22-26-25-21(33-22)24-20(28)14-6-3-2-4-7-14/h2-13,27H,1H3,(H,24,25,28). The van der Waals surface area contributed by atoms with Gasteiger partial charge < -0.3 is 9.47 Å². The van der Waals surface area contributed by atoms with E-state index in [0.717, 1.165) is 0 Å². The average molecular weight is 517 g/mol. The van der Waals surface area contributed by atoms with Crippen molar-refractivity contribution < 1.29 is 22.7 Å². The Labute approximate surface area is 204 Å². The van der Waals surface area contributed by atoms with Crippen molar-refractivity contribution in [1.82, 2.24) is 10.2 Å². The molecule has 174 valence electrons. The summed E-state index contributed by atoms with van der Waals surface area (Å²) < 4.78 is 39.0. The SMILES string of the molecule is COc1cccc(Oc2ccc(Cl)cc2NS(=O)(=O)c2nnc(NC(=O)c3ccccc3)s2)c1. The number of benzene rings is 3. The topological polar surface area (TPSA) is 120 Å². The van der Waals surface area contributed by atoms with Crippen LogP contribution < -0.4 is 19.5 Å². The van der Waals surface area contributed by atoms with Gasteiger partial charge in [0.1, 0.15) is 11.5 Å². The molecule has 0 saturated heterocycles. The molecule has 0 saturated carbocycles. The zero-order valence-electron chi connectivity index (χ0n) is 17.6.